The molecule has 1 rings (SSSR count). The summed E-state index contributed by atoms with van der Waals surface area (Å²) in [6.45, 7) is 9.73. The molecule has 0 N–H and O–H groups in total. The summed E-state index contributed by atoms with van der Waals surface area (Å²) in [6, 6.07) is 0. The van der Waals surface area contributed by atoms with Crippen LogP contribution in [0.3, 0.4) is 0 Å². The Morgan fingerprint density at radius 1 is 1.38 bits per heavy atom. The molecule has 0 saturated carbocycles. The summed E-state index contributed by atoms with van der Waals surface area (Å²) in [7, 11) is 4.32. The van der Waals surface area contributed by atoms with E-state index >= 15 is 0 Å². The molecule has 13 heavy (non-hydrogen) atoms. The van der Waals surface area contributed by atoms with E-state index in [0.29, 0.717) is 0 Å². The third-order valence-electron chi connectivity index (χ3n) is 2.78. The van der Waals surface area contributed by atoms with Crippen molar-refractivity contribution in [3.63, 3.8) is 0 Å². The predicted octanol–water partition coefficient (Wildman–Crippen LogP) is 1.79. The average Bonchev–Trinajstić information content (AvgIpc) is 2.04. The molecule has 0 amide bonds. The van der Waals surface area contributed by atoms with E-state index in [2.05, 4.69) is 37.4 Å². The van der Waals surface area contributed by atoms with Gasteiger partial charge in [-0.25, -0.2) is 0 Å². The summed E-state index contributed by atoms with van der Waals surface area (Å²) < 4.78 is 0. The smallest absolute Gasteiger partial charge is 0.0177 e. The van der Waals surface area contributed by atoms with Crippen LogP contribution < -0.4 is 0 Å². The lowest BCUT2D eigenvalue weighted by Gasteiger charge is -2.34. The van der Waals surface area contributed by atoms with Crippen molar-refractivity contribution in [2.45, 2.75) is 19.8 Å². The maximum Gasteiger partial charge on any atom is 0.0177 e. The van der Waals surface area contributed by atoms with Crippen molar-refractivity contribution < 1.29 is 0 Å². The third kappa shape index (κ3) is 3.39. The maximum absolute atomic E-state index is 3.98. The summed E-state index contributed by atoms with van der Waals surface area (Å²) in [5.41, 5.74) is 1.23. The Balaban J connectivity index is 2.26. The minimum Gasteiger partial charge on any atom is -0.376 e. The van der Waals surface area contributed by atoms with E-state index in [1.54, 1.807) is 0 Å². The summed E-state index contributed by atoms with van der Waals surface area (Å²) in [4.78, 5) is 4.69. The molecular formula is C11H22N2. The minimum atomic E-state index is 0.894. The standard InChI is InChI=1S/C11H22N2/c1-10(2)13-7-5-11(6-8-13)9-12(3)4/h11H,1,5-9H2,2-4H3. The Morgan fingerprint density at radius 2 is 1.92 bits per heavy atom. The van der Waals surface area contributed by atoms with Crippen LogP contribution in [0.15, 0.2) is 12.3 Å². The first kappa shape index (κ1) is 10.6. The Labute approximate surface area is 82.2 Å². The number of hydrogen-bond acceptors (Lipinski definition) is 2. The van der Waals surface area contributed by atoms with Gasteiger partial charge in [0.15, 0.2) is 0 Å². The van der Waals surface area contributed by atoms with Gasteiger partial charge in [-0.1, -0.05) is 6.58 Å². The Bertz CT molecular complexity index is 167. The van der Waals surface area contributed by atoms with Gasteiger partial charge in [-0.3, -0.25) is 0 Å². The van der Waals surface area contributed by atoms with Crippen LogP contribution in [-0.4, -0.2) is 43.5 Å². The predicted molar refractivity (Wildman–Crippen MR) is 57.7 cm³/mol. The molecule has 0 spiro atoms. The van der Waals surface area contributed by atoms with Gasteiger partial charge in [0, 0.05) is 25.3 Å². The van der Waals surface area contributed by atoms with Crippen molar-refractivity contribution in [1.29, 1.82) is 0 Å². The van der Waals surface area contributed by atoms with Gasteiger partial charge in [-0.05, 0) is 39.8 Å². The van der Waals surface area contributed by atoms with E-state index in [1.807, 2.05) is 0 Å². The van der Waals surface area contributed by atoms with Crippen LogP contribution in [0.2, 0.25) is 0 Å². The van der Waals surface area contributed by atoms with Crippen LogP contribution in [-0.2, 0) is 0 Å². The second-order valence-electron chi connectivity index (χ2n) is 4.43. The molecule has 2 heteroatoms. The molecule has 0 aromatic carbocycles. The van der Waals surface area contributed by atoms with Gasteiger partial charge in [0.25, 0.3) is 0 Å². The number of piperidine rings is 1. The normalized spacial score (nSPS) is 19.5. The Hall–Kier alpha value is -0.500. The van der Waals surface area contributed by atoms with Crippen molar-refractivity contribution >= 4 is 0 Å². The Kier molecular flexibility index (Phi) is 3.79. The summed E-state index contributed by atoms with van der Waals surface area (Å²) in [5.74, 6) is 0.894. The number of allylic oxidation sites excluding steroid dienone is 1. The van der Waals surface area contributed by atoms with E-state index in [-0.39, 0.29) is 0 Å². The fraction of sp³-hybridized carbons (Fsp3) is 0.818. The molecule has 0 bridgehead atoms. The first-order chi connectivity index (χ1) is 6.09. The van der Waals surface area contributed by atoms with Crippen molar-refractivity contribution in [3.05, 3.63) is 12.3 Å². The van der Waals surface area contributed by atoms with Crippen molar-refractivity contribution in [2.75, 3.05) is 33.7 Å². The largest absolute Gasteiger partial charge is 0.376 e. The number of nitrogens with zero attached hydrogens (tertiary/aromatic N) is 2. The highest BCUT2D eigenvalue weighted by Crippen LogP contribution is 2.19. The molecule has 1 saturated heterocycles. The zero-order valence-electron chi connectivity index (χ0n) is 9.21. The molecule has 1 aliphatic rings. The topological polar surface area (TPSA) is 6.48 Å². The highest BCUT2D eigenvalue weighted by atomic mass is 15.1. The molecule has 1 aliphatic heterocycles. The van der Waals surface area contributed by atoms with Crippen LogP contribution in [0.5, 0.6) is 0 Å². The van der Waals surface area contributed by atoms with E-state index in [1.165, 1.54) is 38.2 Å². The maximum atomic E-state index is 3.98. The molecule has 1 heterocycles. The quantitative estimate of drug-likeness (QED) is 0.656. The molecule has 0 aromatic rings. The number of likely N-dealkylation sites (tertiary alicyclic amines) is 1. The summed E-state index contributed by atoms with van der Waals surface area (Å²) in [6.07, 6.45) is 2.65. The lowest BCUT2D eigenvalue weighted by Crippen LogP contribution is -2.35. The van der Waals surface area contributed by atoms with E-state index in [0.717, 1.165) is 5.92 Å². The molecule has 0 unspecified atom stereocenters. The molecule has 2 nitrogen and oxygen atoms in total. The molecule has 1 fully saturated rings. The van der Waals surface area contributed by atoms with Gasteiger partial charge < -0.3 is 9.80 Å². The summed E-state index contributed by atoms with van der Waals surface area (Å²) >= 11 is 0. The molecule has 0 aromatic heterocycles. The van der Waals surface area contributed by atoms with Gasteiger partial charge >= 0.3 is 0 Å². The first-order valence-corrected chi connectivity index (χ1v) is 5.15. The van der Waals surface area contributed by atoms with Crippen LogP contribution >= 0.6 is 0 Å². The van der Waals surface area contributed by atoms with Gasteiger partial charge in [0.1, 0.15) is 0 Å². The monoisotopic (exact) mass is 182 g/mol. The lowest BCUT2D eigenvalue weighted by atomic mass is 9.96. The fourth-order valence-electron chi connectivity index (χ4n) is 2.01. The van der Waals surface area contributed by atoms with E-state index in [9.17, 15) is 0 Å². The van der Waals surface area contributed by atoms with Crippen LogP contribution in [0.1, 0.15) is 19.8 Å². The molecule has 0 atom stereocenters. The van der Waals surface area contributed by atoms with Crippen LogP contribution in [0.4, 0.5) is 0 Å². The minimum absolute atomic E-state index is 0.894. The fourth-order valence-corrected chi connectivity index (χ4v) is 2.01. The van der Waals surface area contributed by atoms with E-state index < -0.39 is 0 Å². The zero-order chi connectivity index (χ0) is 9.84. The number of hydrogen-bond donors (Lipinski definition) is 0. The molecular weight excluding hydrogens is 160 g/mol. The molecule has 0 radical (unpaired) electrons. The average molecular weight is 182 g/mol. The zero-order valence-corrected chi connectivity index (χ0v) is 9.21. The first-order valence-electron chi connectivity index (χ1n) is 5.15. The van der Waals surface area contributed by atoms with Gasteiger partial charge in [-0.2, -0.15) is 0 Å². The lowest BCUT2D eigenvalue weighted by molar-refractivity contribution is 0.194. The van der Waals surface area contributed by atoms with Gasteiger partial charge in [0.05, 0.1) is 0 Å². The second-order valence-corrected chi connectivity index (χ2v) is 4.43. The van der Waals surface area contributed by atoms with Crippen LogP contribution in [0.25, 0.3) is 0 Å². The van der Waals surface area contributed by atoms with Crippen molar-refractivity contribution in [1.82, 2.24) is 9.80 Å². The summed E-state index contributed by atoms with van der Waals surface area (Å²) in [5, 5.41) is 0. The highest BCUT2D eigenvalue weighted by Gasteiger charge is 2.18. The van der Waals surface area contributed by atoms with Gasteiger partial charge in [0.2, 0.25) is 0 Å². The van der Waals surface area contributed by atoms with Crippen molar-refractivity contribution in [2.24, 2.45) is 5.92 Å². The van der Waals surface area contributed by atoms with E-state index in [4.69, 9.17) is 0 Å². The molecule has 76 valence electrons. The number of rotatable bonds is 3. The molecule has 0 aliphatic carbocycles. The van der Waals surface area contributed by atoms with Gasteiger partial charge in [-0.15, -0.1) is 0 Å². The highest BCUT2D eigenvalue weighted by molar-refractivity contribution is 4.91. The van der Waals surface area contributed by atoms with Crippen LogP contribution in [0, 0.1) is 5.92 Å². The second kappa shape index (κ2) is 4.66. The third-order valence-corrected chi connectivity index (χ3v) is 2.78. The Morgan fingerprint density at radius 3 is 2.31 bits per heavy atom. The SMILES string of the molecule is C=C(C)N1CCC(CN(C)C)CC1. The van der Waals surface area contributed by atoms with Crippen molar-refractivity contribution in [3.8, 4) is 0 Å².